The van der Waals surface area contributed by atoms with Crippen molar-refractivity contribution in [2.75, 3.05) is 5.32 Å². The van der Waals surface area contributed by atoms with Gasteiger partial charge in [0.2, 0.25) is 0 Å². The fourth-order valence-electron chi connectivity index (χ4n) is 2.99. The van der Waals surface area contributed by atoms with Crippen LogP contribution in [0.4, 0.5) is 11.5 Å². The van der Waals surface area contributed by atoms with E-state index in [1.807, 2.05) is 41.8 Å². The van der Waals surface area contributed by atoms with Gasteiger partial charge in [-0.25, -0.2) is 15.0 Å². The predicted octanol–water partition coefficient (Wildman–Crippen LogP) is 3.27. The summed E-state index contributed by atoms with van der Waals surface area (Å²) in [6, 6.07) is 7.71. The number of pyridine rings is 3. The van der Waals surface area contributed by atoms with Crippen molar-refractivity contribution >= 4 is 39.1 Å². The molecule has 120 valence electrons. The van der Waals surface area contributed by atoms with Gasteiger partial charge in [0.15, 0.2) is 5.65 Å². The molecule has 0 spiro atoms. The number of imidazole rings is 1. The summed E-state index contributed by atoms with van der Waals surface area (Å²) in [6.07, 6.45) is 8.80. The Bertz CT molecular complexity index is 1240. The summed E-state index contributed by atoms with van der Waals surface area (Å²) in [4.78, 5) is 22.2. The summed E-state index contributed by atoms with van der Waals surface area (Å²) in [5.74, 6) is 0.751. The predicted molar refractivity (Wildman–Crippen MR) is 95.8 cm³/mol. The van der Waals surface area contributed by atoms with Crippen LogP contribution < -0.4 is 5.32 Å². The van der Waals surface area contributed by atoms with E-state index in [0.29, 0.717) is 0 Å². The SMILES string of the molecule is Cc1cc(Nc2nc3c(nc4ccncn43)c3cnccc23)ccn1. The fourth-order valence-corrected chi connectivity index (χ4v) is 2.99. The monoisotopic (exact) mass is 327 g/mol. The second kappa shape index (κ2) is 5.20. The van der Waals surface area contributed by atoms with Gasteiger partial charge in [-0.15, -0.1) is 0 Å². The molecule has 5 rings (SSSR count). The normalized spacial score (nSPS) is 11.4. The molecule has 5 heterocycles. The van der Waals surface area contributed by atoms with Gasteiger partial charge in [0, 0.05) is 46.9 Å². The Morgan fingerprint density at radius 1 is 0.960 bits per heavy atom. The number of nitrogens with one attached hydrogen (secondary N) is 1. The molecule has 0 atom stereocenters. The quantitative estimate of drug-likeness (QED) is 0.536. The minimum Gasteiger partial charge on any atom is -0.340 e. The Morgan fingerprint density at radius 3 is 2.80 bits per heavy atom. The van der Waals surface area contributed by atoms with Gasteiger partial charge in [-0.1, -0.05) is 0 Å². The van der Waals surface area contributed by atoms with Crippen LogP contribution >= 0.6 is 0 Å². The van der Waals surface area contributed by atoms with E-state index in [0.717, 1.165) is 44.8 Å². The molecule has 0 aliphatic carbocycles. The number of aryl methyl sites for hydroxylation is 1. The lowest BCUT2D eigenvalue weighted by atomic mass is 10.2. The number of rotatable bonds is 2. The summed E-state index contributed by atoms with van der Waals surface area (Å²) < 4.78 is 1.88. The Kier molecular flexibility index (Phi) is 2.87. The highest BCUT2D eigenvalue weighted by molar-refractivity contribution is 6.08. The second-order valence-corrected chi connectivity index (χ2v) is 5.79. The molecule has 0 bridgehead atoms. The highest BCUT2D eigenvalue weighted by atomic mass is 15.1. The number of fused-ring (bicyclic) bond motifs is 5. The zero-order valence-electron chi connectivity index (χ0n) is 13.4. The Morgan fingerprint density at radius 2 is 1.88 bits per heavy atom. The van der Waals surface area contributed by atoms with Crippen LogP contribution in [0, 0.1) is 6.92 Å². The third-order valence-corrected chi connectivity index (χ3v) is 4.11. The second-order valence-electron chi connectivity index (χ2n) is 5.79. The molecule has 5 aromatic rings. The van der Waals surface area contributed by atoms with Crippen molar-refractivity contribution < 1.29 is 0 Å². The average Bonchev–Trinajstić information content (AvgIpc) is 3.01. The van der Waals surface area contributed by atoms with E-state index in [1.165, 1.54) is 0 Å². The van der Waals surface area contributed by atoms with Gasteiger partial charge in [-0.3, -0.25) is 14.4 Å². The summed E-state index contributed by atoms with van der Waals surface area (Å²) in [7, 11) is 0. The van der Waals surface area contributed by atoms with Crippen LogP contribution in [-0.4, -0.2) is 29.3 Å². The maximum Gasteiger partial charge on any atom is 0.168 e. The molecule has 0 aliphatic heterocycles. The minimum atomic E-state index is 0.747. The lowest BCUT2D eigenvalue weighted by Crippen LogP contribution is -1.98. The van der Waals surface area contributed by atoms with Crippen molar-refractivity contribution in [2.45, 2.75) is 6.92 Å². The summed E-state index contributed by atoms with van der Waals surface area (Å²) in [6.45, 7) is 1.96. The third-order valence-electron chi connectivity index (χ3n) is 4.11. The van der Waals surface area contributed by atoms with E-state index in [2.05, 4.69) is 25.3 Å². The molecule has 7 heteroatoms. The Hall–Kier alpha value is -3.61. The Labute approximate surface area is 142 Å². The molecule has 0 fully saturated rings. The van der Waals surface area contributed by atoms with Crippen molar-refractivity contribution in [1.82, 2.24) is 29.3 Å². The van der Waals surface area contributed by atoms with E-state index in [9.17, 15) is 0 Å². The molecule has 0 amide bonds. The van der Waals surface area contributed by atoms with Crippen LogP contribution in [0.1, 0.15) is 5.69 Å². The Balaban J connectivity index is 1.83. The van der Waals surface area contributed by atoms with Gasteiger partial charge in [0.1, 0.15) is 23.3 Å². The molecular weight excluding hydrogens is 314 g/mol. The van der Waals surface area contributed by atoms with Crippen molar-refractivity contribution in [1.29, 1.82) is 0 Å². The van der Waals surface area contributed by atoms with Crippen LogP contribution in [-0.2, 0) is 0 Å². The van der Waals surface area contributed by atoms with E-state index in [4.69, 9.17) is 4.98 Å². The largest absolute Gasteiger partial charge is 0.340 e. The van der Waals surface area contributed by atoms with Crippen molar-refractivity contribution in [3.05, 3.63) is 61.1 Å². The first kappa shape index (κ1) is 13.8. The number of aromatic nitrogens is 6. The topological polar surface area (TPSA) is 80.9 Å². The summed E-state index contributed by atoms with van der Waals surface area (Å²) >= 11 is 0. The van der Waals surface area contributed by atoms with Crippen molar-refractivity contribution in [2.24, 2.45) is 0 Å². The van der Waals surface area contributed by atoms with Gasteiger partial charge in [-0.2, -0.15) is 0 Å². The smallest absolute Gasteiger partial charge is 0.168 e. The lowest BCUT2D eigenvalue weighted by molar-refractivity contribution is 1.09. The first-order valence-corrected chi connectivity index (χ1v) is 7.85. The average molecular weight is 327 g/mol. The first-order chi connectivity index (χ1) is 12.3. The highest BCUT2D eigenvalue weighted by Crippen LogP contribution is 2.30. The summed E-state index contributed by atoms with van der Waals surface area (Å²) in [5.41, 5.74) is 4.24. The highest BCUT2D eigenvalue weighted by Gasteiger charge is 2.14. The molecule has 0 saturated heterocycles. The van der Waals surface area contributed by atoms with E-state index >= 15 is 0 Å². The number of anilines is 2. The van der Waals surface area contributed by atoms with Crippen LogP contribution in [0.2, 0.25) is 0 Å². The molecule has 5 aromatic heterocycles. The standard InChI is InChI=1S/C18H13N7/c1-11-8-12(2-7-21-11)22-17-13-3-5-19-9-14(13)16-18(24-17)25-10-20-6-4-15(25)23-16/h2-10H,1H3,(H,21,22,24). The van der Waals surface area contributed by atoms with Crippen LogP contribution in [0.5, 0.6) is 0 Å². The maximum atomic E-state index is 4.82. The van der Waals surface area contributed by atoms with Gasteiger partial charge in [0.05, 0.1) is 0 Å². The number of nitrogens with zero attached hydrogens (tertiary/aromatic N) is 6. The zero-order valence-corrected chi connectivity index (χ0v) is 13.4. The minimum absolute atomic E-state index is 0.747. The molecule has 0 saturated carbocycles. The van der Waals surface area contributed by atoms with Gasteiger partial charge in [0.25, 0.3) is 0 Å². The molecule has 0 unspecified atom stereocenters. The van der Waals surface area contributed by atoms with E-state index < -0.39 is 0 Å². The van der Waals surface area contributed by atoms with Crippen molar-refractivity contribution in [3.8, 4) is 0 Å². The molecule has 0 aliphatic rings. The zero-order chi connectivity index (χ0) is 16.8. The van der Waals surface area contributed by atoms with Crippen LogP contribution in [0.15, 0.2) is 55.4 Å². The van der Waals surface area contributed by atoms with Gasteiger partial charge in [-0.05, 0) is 31.2 Å². The van der Waals surface area contributed by atoms with E-state index in [-0.39, 0.29) is 0 Å². The molecule has 0 radical (unpaired) electrons. The molecule has 0 aromatic carbocycles. The van der Waals surface area contributed by atoms with Crippen LogP contribution in [0.25, 0.3) is 27.6 Å². The summed E-state index contributed by atoms with van der Waals surface area (Å²) in [5, 5.41) is 5.31. The third kappa shape index (κ3) is 2.17. The number of hydrogen-bond acceptors (Lipinski definition) is 6. The van der Waals surface area contributed by atoms with E-state index in [1.54, 1.807) is 24.9 Å². The lowest BCUT2D eigenvalue weighted by Gasteiger charge is -2.10. The molecule has 1 N–H and O–H groups in total. The molecule has 7 nitrogen and oxygen atoms in total. The molecule has 25 heavy (non-hydrogen) atoms. The maximum absolute atomic E-state index is 4.82. The number of hydrogen-bond donors (Lipinski definition) is 1. The van der Waals surface area contributed by atoms with Crippen LogP contribution in [0.3, 0.4) is 0 Å². The van der Waals surface area contributed by atoms with Crippen molar-refractivity contribution in [3.63, 3.8) is 0 Å². The first-order valence-electron chi connectivity index (χ1n) is 7.85. The van der Waals surface area contributed by atoms with Gasteiger partial charge < -0.3 is 5.32 Å². The molecular formula is C18H13N7. The van der Waals surface area contributed by atoms with Gasteiger partial charge >= 0.3 is 0 Å². The fraction of sp³-hybridized carbons (Fsp3) is 0.0556.